The molecule has 0 aromatic carbocycles. The number of aliphatic carboxylic acids is 1. The minimum Gasteiger partial charge on any atom is -0.481 e. The van der Waals surface area contributed by atoms with Crippen molar-refractivity contribution in [2.24, 2.45) is 5.92 Å². The summed E-state index contributed by atoms with van der Waals surface area (Å²) in [6.45, 7) is 1.06. The number of amides is 1. The van der Waals surface area contributed by atoms with E-state index in [1.165, 1.54) is 11.8 Å². The van der Waals surface area contributed by atoms with Gasteiger partial charge >= 0.3 is 5.97 Å². The maximum atomic E-state index is 12.1. The summed E-state index contributed by atoms with van der Waals surface area (Å²) in [5, 5.41) is 9.72. The van der Waals surface area contributed by atoms with Crippen LogP contribution in [0.15, 0.2) is 27.8 Å². The van der Waals surface area contributed by atoms with Gasteiger partial charge in [0.15, 0.2) is 0 Å². The molecule has 1 aliphatic heterocycles. The Morgan fingerprint density at radius 2 is 2.15 bits per heavy atom. The van der Waals surface area contributed by atoms with E-state index in [-0.39, 0.29) is 11.8 Å². The van der Waals surface area contributed by atoms with Gasteiger partial charge in [0, 0.05) is 23.8 Å². The van der Waals surface area contributed by atoms with E-state index in [2.05, 4.69) is 20.9 Å². The predicted octanol–water partition coefficient (Wildman–Crippen LogP) is 2.26. The molecule has 0 bridgehead atoms. The van der Waals surface area contributed by atoms with Crippen molar-refractivity contribution in [1.82, 2.24) is 9.88 Å². The van der Waals surface area contributed by atoms with Gasteiger partial charge in [-0.05, 0) is 40.9 Å². The SMILES string of the molecule is O=C(O)C1CCN(C(=O)CSc2ncccc2Br)CC1. The summed E-state index contributed by atoms with van der Waals surface area (Å²) in [5.74, 6) is -0.704. The van der Waals surface area contributed by atoms with E-state index in [0.717, 1.165) is 9.50 Å². The Morgan fingerprint density at radius 1 is 1.45 bits per heavy atom. The van der Waals surface area contributed by atoms with E-state index in [1.807, 2.05) is 12.1 Å². The summed E-state index contributed by atoms with van der Waals surface area (Å²) in [5.41, 5.74) is 0. The van der Waals surface area contributed by atoms with E-state index < -0.39 is 5.97 Å². The molecule has 0 radical (unpaired) electrons. The van der Waals surface area contributed by atoms with Crippen LogP contribution in [0.25, 0.3) is 0 Å². The number of hydrogen-bond donors (Lipinski definition) is 1. The molecule has 5 nitrogen and oxygen atoms in total. The fourth-order valence-electron chi connectivity index (χ4n) is 2.07. The molecular formula is C13H15BrN2O3S. The zero-order valence-electron chi connectivity index (χ0n) is 10.8. The molecule has 1 amide bonds. The van der Waals surface area contributed by atoms with Crippen molar-refractivity contribution in [3.05, 3.63) is 22.8 Å². The highest BCUT2D eigenvalue weighted by Crippen LogP contribution is 2.25. The van der Waals surface area contributed by atoms with Crippen LogP contribution in [0.5, 0.6) is 0 Å². The van der Waals surface area contributed by atoms with Gasteiger partial charge < -0.3 is 10.0 Å². The highest BCUT2D eigenvalue weighted by atomic mass is 79.9. The van der Waals surface area contributed by atoms with Gasteiger partial charge in [0.1, 0.15) is 5.03 Å². The highest BCUT2D eigenvalue weighted by Gasteiger charge is 2.26. The Kier molecular flexibility index (Phi) is 5.42. The van der Waals surface area contributed by atoms with E-state index in [4.69, 9.17) is 5.11 Å². The minimum absolute atomic E-state index is 0.0383. The van der Waals surface area contributed by atoms with Crippen LogP contribution in [0, 0.1) is 5.92 Å². The number of piperidine rings is 1. The third-order valence-corrected chi connectivity index (χ3v) is 5.15. The van der Waals surface area contributed by atoms with Crippen molar-refractivity contribution >= 4 is 39.6 Å². The molecule has 2 rings (SSSR count). The lowest BCUT2D eigenvalue weighted by Crippen LogP contribution is -2.41. The Balaban J connectivity index is 1.82. The van der Waals surface area contributed by atoms with Crippen molar-refractivity contribution in [2.75, 3.05) is 18.8 Å². The molecule has 1 aromatic heterocycles. The number of rotatable bonds is 4. The lowest BCUT2D eigenvalue weighted by Gasteiger charge is -2.30. The van der Waals surface area contributed by atoms with Crippen molar-refractivity contribution in [1.29, 1.82) is 0 Å². The first-order chi connectivity index (χ1) is 9.58. The molecule has 2 heterocycles. The minimum atomic E-state index is -0.760. The smallest absolute Gasteiger partial charge is 0.306 e. The van der Waals surface area contributed by atoms with E-state index in [1.54, 1.807) is 11.1 Å². The van der Waals surface area contributed by atoms with Gasteiger partial charge in [-0.1, -0.05) is 11.8 Å². The van der Waals surface area contributed by atoms with Crippen LogP contribution in [0.1, 0.15) is 12.8 Å². The first kappa shape index (κ1) is 15.3. The van der Waals surface area contributed by atoms with Gasteiger partial charge in [0.05, 0.1) is 11.7 Å². The van der Waals surface area contributed by atoms with Crippen LogP contribution in [0.4, 0.5) is 0 Å². The molecule has 108 valence electrons. The number of carbonyl (C=O) groups is 2. The van der Waals surface area contributed by atoms with Gasteiger partial charge in [-0.3, -0.25) is 9.59 Å². The molecule has 0 aliphatic carbocycles. The average Bonchev–Trinajstić information content (AvgIpc) is 2.46. The molecule has 0 unspecified atom stereocenters. The van der Waals surface area contributed by atoms with Crippen LogP contribution < -0.4 is 0 Å². The summed E-state index contributed by atoms with van der Waals surface area (Å²) < 4.78 is 0.877. The topological polar surface area (TPSA) is 70.5 Å². The van der Waals surface area contributed by atoms with Gasteiger partial charge in [0.2, 0.25) is 5.91 Å². The number of aromatic nitrogens is 1. The first-order valence-electron chi connectivity index (χ1n) is 6.32. The normalized spacial score (nSPS) is 16.1. The van der Waals surface area contributed by atoms with Crippen molar-refractivity contribution in [3.63, 3.8) is 0 Å². The molecule has 1 aromatic rings. The number of pyridine rings is 1. The number of carboxylic acids is 1. The van der Waals surface area contributed by atoms with Crippen LogP contribution in [0.3, 0.4) is 0 Å². The second-order valence-corrected chi connectivity index (χ2v) is 6.39. The monoisotopic (exact) mass is 358 g/mol. The van der Waals surface area contributed by atoms with Gasteiger partial charge in [-0.25, -0.2) is 4.98 Å². The third-order valence-electron chi connectivity index (χ3n) is 3.25. The van der Waals surface area contributed by atoms with E-state index >= 15 is 0 Å². The van der Waals surface area contributed by atoms with E-state index in [0.29, 0.717) is 31.7 Å². The standard InChI is InChI=1S/C13H15BrN2O3S/c14-10-2-1-5-15-12(10)20-8-11(17)16-6-3-9(4-7-16)13(18)19/h1-2,5,9H,3-4,6-8H2,(H,18,19). The van der Waals surface area contributed by atoms with Crippen LogP contribution in [0.2, 0.25) is 0 Å². The zero-order valence-corrected chi connectivity index (χ0v) is 13.2. The molecule has 7 heteroatoms. The lowest BCUT2D eigenvalue weighted by atomic mass is 9.97. The first-order valence-corrected chi connectivity index (χ1v) is 8.09. The largest absolute Gasteiger partial charge is 0.481 e. The molecule has 1 N–H and O–H groups in total. The van der Waals surface area contributed by atoms with Gasteiger partial charge in [-0.2, -0.15) is 0 Å². The molecule has 0 saturated carbocycles. The number of carboxylic acid groups (broad SMARTS) is 1. The predicted molar refractivity (Wildman–Crippen MR) is 79.6 cm³/mol. The Hall–Kier alpha value is -1.08. The van der Waals surface area contributed by atoms with Crippen LogP contribution in [-0.4, -0.2) is 45.7 Å². The summed E-state index contributed by atoms with van der Waals surface area (Å²) >= 11 is 4.78. The summed E-state index contributed by atoms with van der Waals surface area (Å²) in [4.78, 5) is 28.9. The van der Waals surface area contributed by atoms with Crippen LogP contribution in [-0.2, 0) is 9.59 Å². The quantitative estimate of drug-likeness (QED) is 0.835. The fourth-order valence-corrected chi connectivity index (χ4v) is 3.46. The zero-order chi connectivity index (χ0) is 14.5. The molecule has 1 saturated heterocycles. The van der Waals surface area contributed by atoms with Gasteiger partial charge in [0.25, 0.3) is 0 Å². The number of likely N-dealkylation sites (tertiary alicyclic amines) is 1. The third kappa shape index (κ3) is 3.96. The molecule has 20 heavy (non-hydrogen) atoms. The number of halogens is 1. The molecule has 0 atom stereocenters. The van der Waals surface area contributed by atoms with Gasteiger partial charge in [-0.15, -0.1) is 0 Å². The number of thioether (sulfide) groups is 1. The number of hydrogen-bond acceptors (Lipinski definition) is 4. The van der Waals surface area contributed by atoms with E-state index in [9.17, 15) is 9.59 Å². The second-order valence-electron chi connectivity index (χ2n) is 4.57. The summed E-state index contributed by atoms with van der Waals surface area (Å²) in [6.07, 6.45) is 2.77. The lowest BCUT2D eigenvalue weighted by molar-refractivity contribution is -0.145. The fraction of sp³-hybridized carbons (Fsp3) is 0.462. The maximum absolute atomic E-state index is 12.1. The average molecular weight is 359 g/mol. The molecule has 1 aliphatic rings. The molecule has 0 spiro atoms. The Morgan fingerprint density at radius 3 is 2.75 bits per heavy atom. The maximum Gasteiger partial charge on any atom is 0.306 e. The van der Waals surface area contributed by atoms with Crippen molar-refractivity contribution in [2.45, 2.75) is 17.9 Å². The van der Waals surface area contributed by atoms with Crippen LogP contribution >= 0.6 is 27.7 Å². The Labute approximate surface area is 129 Å². The van der Waals surface area contributed by atoms with Crippen molar-refractivity contribution in [3.8, 4) is 0 Å². The highest BCUT2D eigenvalue weighted by molar-refractivity contribution is 9.10. The molecular weight excluding hydrogens is 344 g/mol. The number of carbonyl (C=O) groups excluding carboxylic acids is 1. The molecule has 1 fully saturated rings. The van der Waals surface area contributed by atoms with Crippen molar-refractivity contribution < 1.29 is 14.7 Å². The summed E-state index contributed by atoms with van der Waals surface area (Å²) in [7, 11) is 0. The number of nitrogens with zero attached hydrogens (tertiary/aromatic N) is 2. The second kappa shape index (κ2) is 7.08. The summed E-state index contributed by atoms with van der Waals surface area (Å²) in [6, 6.07) is 3.71. The Bertz CT molecular complexity index is 504.